The molecule has 0 aliphatic rings. The van der Waals surface area contributed by atoms with E-state index in [1.807, 2.05) is 33.3 Å². The Morgan fingerprint density at radius 3 is 1.13 bits per heavy atom. The van der Waals surface area contributed by atoms with Gasteiger partial charge in [-0.05, 0) is 109 Å². The molecule has 0 aromatic heterocycles. The van der Waals surface area contributed by atoms with E-state index < -0.39 is 20.0 Å². The Morgan fingerprint density at radius 2 is 0.744 bits per heavy atom. The average molecular weight is 1170 g/mol. The molecular formula is C72H132N2O7P+. The van der Waals surface area contributed by atoms with E-state index in [0.717, 1.165) is 96.3 Å². The van der Waals surface area contributed by atoms with Gasteiger partial charge in [0.25, 0.3) is 0 Å². The molecule has 0 aliphatic carbocycles. The Balaban J connectivity index is 5.12. The fourth-order valence-electron chi connectivity index (χ4n) is 9.72. The number of phosphoric ester groups is 1. The van der Waals surface area contributed by atoms with E-state index in [2.05, 4.69) is 99.0 Å². The number of hydrogen-bond acceptors (Lipinski definition) is 6. The minimum Gasteiger partial charge on any atom is -0.456 e. The Bertz CT molecular complexity index is 1680. The quantitative estimate of drug-likeness (QED) is 0.0205. The fraction of sp³-hybridized carbons (Fsp3) is 0.778. The zero-order valence-electron chi connectivity index (χ0n) is 54.5. The number of unbranched alkanes of at least 4 members (excludes halogenated alkanes) is 34. The molecule has 0 aliphatic heterocycles. The summed E-state index contributed by atoms with van der Waals surface area (Å²) >= 11 is 0. The summed E-state index contributed by atoms with van der Waals surface area (Å²) in [4.78, 5) is 37.8. The first kappa shape index (κ1) is 79.2. The monoisotopic (exact) mass is 1170 g/mol. The molecule has 3 atom stereocenters. The number of nitrogens with one attached hydrogen (secondary N) is 1. The number of nitrogens with zero attached hydrogens (tertiary/aromatic N) is 1. The lowest BCUT2D eigenvalue weighted by atomic mass is 10.0. The van der Waals surface area contributed by atoms with Gasteiger partial charge in [0.05, 0.1) is 33.8 Å². The number of amides is 1. The van der Waals surface area contributed by atoms with Crippen LogP contribution >= 0.6 is 7.82 Å². The first-order valence-corrected chi connectivity index (χ1v) is 35.9. The number of esters is 1. The highest BCUT2D eigenvalue weighted by Crippen LogP contribution is 2.43. The molecule has 0 radical (unpaired) electrons. The fourth-order valence-corrected chi connectivity index (χ4v) is 10.5. The van der Waals surface area contributed by atoms with Crippen LogP contribution in [0.5, 0.6) is 0 Å². The third-order valence-electron chi connectivity index (χ3n) is 15.1. The molecule has 0 aromatic rings. The first-order chi connectivity index (χ1) is 39.9. The van der Waals surface area contributed by atoms with Crippen molar-refractivity contribution >= 4 is 19.7 Å². The van der Waals surface area contributed by atoms with Gasteiger partial charge >= 0.3 is 13.8 Å². The highest BCUT2D eigenvalue weighted by molar-refractivity contribution is 7.47. The van der Waals surface area contributed by atoms with Crippen LogP contribution in [0.3, 0.4) is 0 Å². The second-order valence-corrected chi connectivity index (χ2v) is 25.8. The maximum atomic E-state index is 13.6. The van der Waals surface area contributed by atoms with Gasteiger partial charge in [-0.25, -0.2) is 4.57 Å². The second kappa shape index (κ2) is 61.3. The lowest BCUT2D eigenvalue weighted by molar-refractivity contribution is -0.870. The lowest BCUT2D eigenvalue weighted by Gasteiger charge is -2.27. The minimum absolute atomic E-state index is 0.0346. The van der Waals surface area contributed by atoms with Gasteiger partial charge in [-0.2, -0.15) is 0 Å². The Hall–Kier alpha value is -2.81. The van der Waals surface area contributed by atoms with Gasteiger partial charge in [0.2, 0.25) is 5.91 Å². The van der Waals surface area contributed by atoms with Crippen LogP contribution in [-0.2, 0) is 27.9 Å². The van der Waals surface area contributed by atoms with Crippen LogP contribution in [0.2, 0.25) is 0 Å². The molecular weight excluding hydrogens is 1040 g/mol. The standard InChI is InChI=1S/C72H131N2O7P/c1-7-10-13-16-19-22-25-28-30-32-34-35-36-37-38-39-41-43-45-47-50-53-56-59-62-65-72(76)81-70(63-60-57-54-51-48-27-24-21-18-15-12-9-3)69(68-80-82(77,78)79-67-66-74(4,5)6)73-71(75)64-61-58-55-52-49-46-44-42-40-33-31-29-26-23-20-17-14-11-8-2/h19-20,22-23,28-31,34-35,40,42,60,63,69-70H,7-18,21,24-27,32-33,36-39,41,43-59,61-62,64-68H2,1-6H3,(H-,73,75,77,78)/p+1/b22-19-,23-20-,30-28-,31-29-,35-34-,42-40-,63-60-. The van der Waals surface area contributed by atoms with E-state index >= 15 is 0 Å². The van der Waals surface area contributed by atoms with Crippen molar-refractivity contribution in [1.29, 1.82) is 0 Å². The topological polar surface area (TPSA) is 111 Å². The Kier molecular flexibility index (Phi) is 59.2. The molecule has 476 valence electrons. The molecule has 0 saturated heterocycles. The highest BCUT2D eigenvalue weighted by Gasteiger charge is 2.30. The average Bonchev–Trinajstić information content (AvgIpc) is 3.44. The van der Waals surface area contributed by atoms with Crippen molar-refractivity contribution in [1.82, 2.24) is 5.32 Å². The second-order valence-electron chi connectivity index (χ2n) is 24.3. The van der Waals surface area contributed by atoms with Gasteiger partial charge in [-0.1, -0.05) is 273 Å². The van der Waals surface area contributed by atoms with Gasteiger partial charge in [-0.15, -0.1) is 0 Å². The highest BCUT2D eigenvalue weighted by atomic mass is 31.2. The third-order valence-corrected chi connectivity index (χ3v) is 16.0. The first-order valence-electron chi connectivity index (χ1n) is 34.4. The van der Waals surface area contributed by atoms with E-state index in [-0.39, 0.29) is 31.5 Å². The number of ether oxygens (including phenoxy) is 1. The summed E-state index contributed by atoms with van der Waals surface area (Å²) in [7, 11) is 1.48. The van der Waals surface area contributed by atoms with Crippen molar-refractivity contribution < 1.29 is 37.3 Å². The van der Waals surface area contributed by atoms with Gasteiger partial charge in [0.15, 0.2) is 0 Å². The van der Waals surface area contributed by atoms with Gasteiger partial charge in [-0.3, -0.25) is 18.6 Å². The van der Waals surface area contributed by atoms with Crippen LogP contribution in [0.1, 0.15) is 310 Å². The van der Waals surface area contributed by atoms with Crippen LogP contribution in [0.25, 0.3) is 0 Å². The number of hydrogen-bond donors (Lipinski definition) is 2. The SMILES string of the molecule is CCCCC/C=C\C/C=C\C/C=C\CCCCCCCCCCCCCCC(=O)OC(/C=C\CCCCCCCCCCCC)C(COP(=O)(O)OCC[N+](C)(C)C)NC(=O)CCCCCCCC/C=C\C/C=C\C/C=C\CCCCC. The summed E-state index contributed by atoms with van der Waals surface area (Å²) in [6, 6.07) is -0.860. The van der Waals surface area contributed by atoms with Crippen molar-refractivity contribution in [3.8, 4) is 0 Å². The van der Waals surface area contributed by atoms with Crippen molar-refractivity contribution in [2.75, 3.05) is 40.9 Å². The number of rotatable bonds is 62. The van der Waals surface area contributed by atoms with Gasteiger partial charge < -0.3 is 19.4 Å². The van der Waals surface area contributed by atoms with Crippen molar-refractivity contribution in [2.45, 2.75) is 322 Å². The summed E-state index contributed by atoms with van der Waals surface area (Å²) in [6.07, 6.45) is 81.5. The largest absolute Gasteiger partial charge is 0.472 e. The summed E-state index contributed by atoms with van der Waals surface area (Å²) in [5.41, 5.74) is 0. The smallest absolute Gasteiger partial charge is 0.456 e. The van der Waals surface area contributed by atoms with E-state index in [1.165, 1.54) is 180 Å². The number of carbonyl (C=O) groups excluding carboxylic acids is 2. The molecule has 0 aromatic carbocycles. The van der Waals surface area contributed by atoms with Crippen molar-refractivity contribution in [2.24, 2.45) is 0 Å². The summed E-state index contributed by atoms with van der Waals surface area (Å²) in [6.45, 7) is 6.97. The van der Waals surface area contributed by atoms with E-state index in [4.69, 9.17) is 13.8 Å². The molecule has 10 heteroatoms. The molecule has 0 heterocycles. The van der Waals surface area contributed by atoms with Crippen molar-refractivity contribution in [3.05, 3.63) is 85.1 Å². The van der Waals surface area contributed by atoms with Crippen LogP contribution in [-0.4, -0.2) is 74.3 Å². The third kappa shape index (κ3) is 61.7. The molecule has 0 fully saturated rings. The predicted molar refractivity (Wildman–Crippen MR) is 355 cm³/mol. The van der Waals surface area contributed by atoms with Crippen LogP contribution in [0.4, 0.5) is 0 Å². The van der Waals surface area contributed by atoms with E-state index in [9.17, 15) is 19.0 Å². The maximum Gasteiger partial charge on any atom is 0.472 e. The molecule has 3 unspecified atom stereocenters. The number of carbonyl (C=O) groups is 2. The maximum absolute atomic E-state index is 13.6. The van der Waals surface area contributed by atoms with Crippen molar-refractivity contribution in [3.63, 3.8) is 0 Å². The zero-order chi connectivity index (χ0) is 60.0. The number of likely N-dealkylation sites (N-methyl/N-ethyl adjacent to an activating group) is 1. The molecule has 0 saturated carbocycles. The molecule has 2 N–H and O–H groups in total. The molecule has 9 nitrogen and oxygen atoms in total. The summed E-state index contributed by atoms with van der Waals surface area (Å²) in [5.74, 6) is -0.517. The molecule has 0 bridgehead atoms. The normalized spacial score (nSPS) is 14.1. The van der Waals surface area contributed by atoms with Gasteiger partial charge in [0, 0.05) is 12.8 Å². The number of allylic oxidation sites excluding steroid dienone is 13. The Morgan fingerprint density at radius 1 is 0.427 bits per heavy atom. The lowest BCUT2D eigenvalue weighted by Crippen LogP contribution is -2.47. The van der Waals surface area contributed by atoms with Crippen LogP contribution < -0.4 is 5.32 Å². The number of phosphoric acid groups is 1. The summed E-state index contributed by atoms with van der Waals surface area (Å²) in [5, 5.41) is 3.06. The molecule has 82 heavy (non-hydrogen) atoms. The predicted octanol–water partition coefficient (Wildman–Crippen LogP) is 21.7. The molecule has 1 amide bonds. The Labute approximate surface area is 507 Å². The molecule has 0 spiro atoms. The van der Waals surface area contributed by atoms with Crippen LogP contribution in [0, 0.1) is 0 Å². The van der Waals surface area contributed by atoms with E-state index in [0.29, 0.717) is 17.4 Å². The van der Waals surface area contributed by atoms with Gasteiger partial charge in [0.1, 0.15) is 19.3 Å². The van der Waals surface area contributed by atoms with E-state index in [1.54, 1.807) is 0 Å². The zero-order valence-corrected chi connectivity index (χ0v) is 55.4. The molecule has 0 rings (SSSR count). The minimum atomic E-state index is -4.46. The van der Waals surface area contributed by atoms with Crippen LogP contribution in [0.15, 0.2) is 85.1 Å². The number of quaternary nitrogens is 1. The summed E-state index contributed by atoms with van der Waals surface area (Å²) < 4.78 is 30.8.